The highest BCUT2D eigenvalue weighted by Gasteiger charge is 2.01. The van der Waals surface area contributed by atoms with E-state index in [1.165, 1.54) is 0 Å². The molecule has 0 aromatic carbocycles. The third-order valence-electron chi connectivity index (χ3n) is 0.867. The molecule has 0 saturated heterocycles. The van der Waals surface area contributed by atoms with E-state index in [9.17, 15) is 0 Å². The fourth-order valence-electron chi connectivity index (χ4n) is 0.533. The smallest absolute Gasteiger partial charge is 0.126 e. The summed E-state index contributed by atoms with van der Waals surface area (Å²) in [6.07, 6.45) is -0.315. The average Bonchev–Trinajstić information content (AvgIpc) is 1.68. The highest BCUT2D eigenvalue weighted by Crippen LogP contribution is 1.75. The Balaban J connectivity index is 2.92. The van der Waals surface area contributed by atoms with Gasteiger partial charge in [-0.15, -0.1) is 0 Å². The number of aliphatic hydroxyl groups is 1. The molecule has 0 heterocycles. The predicted octanol–water partition coefficient (Wildman–Crippen LogP) is -1.81. The fraction of sp³-hybridized carbons (Fsp3) is 1.00. The van der Waals surface area contributed by atoms with Gasteiger partial charge in [0.25, 0.3) is 0 Å². The number of hydrogen-bond acceptors (Lipinski definition) is 2. The summed E-state index contributed by atoms with van der Waals surface area (Å²) in [7, 11) is 3.50. The van der Waals surface area contributed by atoms with Crippen molar-refractivity contribution >= 4 is 0 Å². The van der Waals surface area contributed by atoms with Crippen LogP contribution in [0, 0.1) is 0 Å². The molecule has 8 heavy (non-hydrogen) atoms. The maximum absolute atomic E-state index is 8.89. The first kappa shape index (κ1) is 7.88. The Morgan fingerprint density at radius 2 is 2.38 bits per heavy atom. The molecule has 1 unspecified atom stereocenters. The highest BCUT2D eigenvalue weighted by atomic mass is 16.5. The summed E-state index contributed by atoms with van der Waals surface area (Å²) in [6, 6.07) is 0. The Bertz CT molecular complexity index is 43.7. The maximum Gasteiger partial charge on any atom is 0.126 e. The number of ether oxygens (including phenoxy) is 1. The Hall–Kier alpha value is -0.120. The van der Waals surface area contributed by atoms with Crippen LogP contribution in [0.15, 0.2) is 0 Å². The van der Waals surface area contributed by atoms with Crippen molar-refractivity contribution in [1.82, 2.24) is 0 Å². The molecule has 0 spiro atoms. The highest BCUT2D eigenvalue weighted by molar-refractivity contribution is 4.45. The van der Waals surface area contributed by atoms with Crippen molar-refractivity contribution in [3.05, 3.63) is 0 Å². The van der Waals surface area contributed by atoms with Gasteiger partial charge >= 0.3 is 0 Å². The fourth-order valence-corrected chi connectivity index (χ4v) is 0.533. The summed E-state index contributed by atoms with van der Waals surface area (Å²) in [6.45, 7) is 1.15. The Morgan fingerprint density at radius 1 is 1.75 bits per heavy atom. The summed E-state index contributed by atoms with van der Waals surface area (Å²) in [5.74, 6) is 0. The van der Waals surface area contributed by atoms with E-state index < -0.39 is 0 Å². The summed E-state index contributed by atoms with van der Waals surface area (Å²) in [4.78, 5) is 0. The molecule has 3 nitrogen and oxygen atoms in total. The minimum Gasteiger partial charge on any atom is -0.385 e. The molecule has 0 amide bonds. The minimum absolute atomic E-state index is 0.315. The van der Waals surface area contributed by atoms with Crippen LogP contribution < -0.4 is 5.32 Å². The van der Waals surface area contributed by atoms with Crippen LogP contribution in [0.5, 0.6) is 0 Å². The average molecular weight is 120 g/mol. The van der Waals surface area contributed by atoms with Crippen molar-refractivity contribution in [3.8, 4) is 0 Å². The normalized spacial score (nSPS) is 13.9. The van der Waals surface area contributed by atoms with Crippen molar-refractivity contribution < 1.29 is 15.2 Å². The first-order valence-corrected chi connectivity index (χ1v) is 2.76. The van der Waals surface area contributed by atoms with Crippen LogP contribution in [0.4, 0.5) is 0 Å². The predicted molar refractivity (Wildman–Crippen MR) is 30.6 cm³/mol. The van der Waals surface area contributed by atoms with Crippen LogP contribution in [-0.2, 0) is 4.74 Å². The Kier molecular flexibility index (Phi) is 4.95. The van der Waals surface area contributed by atoms with E-state index in [1.807, 2.05) is 12.4 Å². The van der Waals surface area contributed by atoms with Crippen LogP contribution >= 0.6 is 0 Å². The number of methoxy groups -OCH3 is 1. The second-order valence-corrected chi connectivity index (χ2v) is 1.75. The van der Waals surface area contributed by atoms with Gasteiger partial charge < -0.3 is 15.2 Å². The second kappa shape index (κ2) is 5.03. The van der Waals surface area contributed by atoms with Gasteiger partial charge in [-0.05, 0) is 0 Å². The molecule has 0 rings (SSSR count). The second-order valence-electron chi connectivity index (χ2n) is 1.75. The summed E-state index contributed by atoms with van der Waals surface area (Å²) in [5, 5.41) is 10.8. The Morgan fingerprint density at radius 3 is 2.75 bits per heavy atom. The lowest BCUT2D eigenvalue weighted by atomic mass is 10.4. The molecule has 0 aliphatic heterocycles. The SMILES string of the molecule is C[NH2+]CC(O)COC. The number of rotatable bonds is 4. The number of aliphatic hydroxyl groups excluding tert-OH is 1. The van der Waals surface area contributed by atoms with Crippen LogP contribution in [0.2, 0.25) is 0 Å². The first-order valence-electron chi connectivity index (χ1n) is 2.76. The molecule has 0 aliphatic carbocycles. The van der Waals surface area contributed by atoms with Gasteiger partial charge in [0.05, 0.1) is 13.7 Å². The van der Waals surface area contributed by atoms with Gasteiger partial charge in [-0.25, -0.2) is 0 Å². The Labute approximate surface area is 49.7 Å². The summed E-state index contributed by atoms with van der Waals surface area (Å²) >= 11 is 0. The number of hydrogen-bond donors (Lipinski definition) is 2. The van der Waals surface area contributed by atoms with Crippen molar-refractivity contribution in [2.24, 2.45) is 0 Å². The van der Waals surface area contributed by atoms with Crippen molar-refractivity contribution in [3.63, 3.8) is 0 Å². The molecule has 3 N–H and O–H groups in total. The molecular formula is C5H14NO2+. The van der Waals surface area contributed by atoms with Gasteiger partial charge in [-0.1, -0.05) is 0 Å². The van der Waals surface area contributed by atoms with Gasteiger partial charge in [0.1, 0.15) is 12.6 Å². The van der Waals surface area contributed by atoms with Crippen LogP contribution in [0.3, 0.4) is 0 Å². The first-order chi connectivity index (χ1) is 3.81. The number of likely N-dealkylation sites (N-methyl/N-ethyl adjacent to an activating group) is 1. The molecule has 0 aromatic heterocycles. The maximum atomic E-state index is 8.89. The van der Waals surface area contributed by atoms with E-state index in [4.69, 9.17) is 5.11 Å². The lowest BCUT2D eigenvalue weighted by molar-refractivity contribution is -0.634. The minimum atomic E-state index is -0.315. The van der Waals surface area contributed by atoms with E-state index in [-0.39, 0.29) is 6.10 Å². The van der Waals surface area contributed by atoms with Gasteiger partial charge in [-0.2, -0.15) is 0 Å². The zero-order valence-corrected chi connectivity index (χ0v) is 5.42. The van der Waals surface area contributed by atoms with Crippen LogP contribution in [-0.4, -0.2) is 38.5 Å². The topological polar surface area (TPSA) is 46.1 Å². The van der Waals surface area contributed by atoms with Crippen LogP contribution in [0.1, 0.15) is 0 Å². The van der Waals surface area contributed by atoms with Crippen molar-refractivity contribution in [2.75, 3.05) is 27.3 Å². The lowest BCUT2D eigenvalue weighted by Crippen LogP contribution is -2.82. The van der Waals surface area contributed by atoms with Crippen LogP contribution in [0.25, 0.3) is 0 Å². The third-order valence-corrected chi connectivity index (χ3v) is 0.867. The van der Waals surface area contributed by atoms with Gasteiger partial charge in [0, 0.05) is 7.11 Å². The zero-order chi connectivity index (χ0) is 6.41. The van der Waals surface area contributed by atoms with Gasteiger partial charge in [0.15, 0.2) is 0 Å². The molecular weight excluding hydrogens is 106 g/mol. The summed E-state index contributed by atoms with van der Waals surface area (Å²) < 4.78 is 4.69. The molecule has 0 aliphatic rings. The third kappa shape index (κ3) is 4.05. The lowest BCUT2D eigenvalue weighted by Gasteiger charge is -2.03. The van der Waals surface area contributed by atoms with Gasteiger partial charge in [-0.3, -0.25) is 0 Å². The molecule has 0 fully saturated rings. The quantitative estimate of drug-likeness (QED) is 0.459. The molecule has 3 heteroatoms. The van der Waals surface area contributed by atoms with E-state index in [1.54, 1.807) is 7.11 Å². The standard InChI is InChI=1S/C5H13NO2/c1-6-3-5(7)4-8-2/h5-7H,3-4H2,1-2H3/p+1. The molecule has 0 radical (unpaired) electrons. The molecule has 0 aromatic rings. The number of quaternary nitrogens is 1. The van der Waals surface area contributed by atoms with E-state index >= 15 is 0 Å². The van der Waals surface area contributed by atoms with E-state index in [2.05, 4.69) is 4.74 Å². The summed E-state index contributed by atoms with van der Waals surface area (Å²) in [5.41, 5.74) is 0. The largest absolute Gasteiger partial charge is 0.385 e. The monoisotopic (exact) mass is 120 g/mol. The van der Waals surface area contributed by atoms with Crippen molar-refractivity contribution in [1.29, 1.82) is 0 Å². The molecule has 0 saturated carbocycles. The van der Waals surface area contributed by atoms with Gasteiger partial charge in [0.2, 0.25) is 0 Å². The molecule has 1 atom stereocenters. The van der Waals surface area contributed by atoms with Crippen molar-refractivity contribution in [2.45, 2.75) is 6.10 Å². The van der Waals surface area contributed by atoms with E-state index in [0.29, 0.717) is 13.2 Å². The number of nitrogens with two attached hydrogens (primary N) is 1. The van der Waals surface area contributed by atoms with E-state index in [0.717, 1.165) is 0 Å². The molecule has 50 valence electrons. The molecule has 0 bridgehead atoms. The zero-order valence-electron chi connectivity index (χ0n) is 5.42.